The molecule has 3 aromatic rings. The summed E-state index contributed by atoms with van der Waals surface area (Å²) < 4.78 is 3.44. The minimum Gasteiger partial charge on any atom is -0.310 e. The van der Waals surface area contributed by atoms with Crippen molar-refractivity contribution in [2.45, 2.75) is 25.8 Å². The minimum absolute atomic E-state index is 0.360. The summed E-state index contributed by atoms with van der Waals surface area (Å²) in [5, 5.41) is 7.97. The third-order valence-electron chi connectivity index (χ3n) is 3.19. The molecule has 0 saturated heterocycles. The molecular formula is C14H16IN3S2. The molecule has 3 nitrogen and oxygen atoms in total. The number of aromatic nitrogens is 2. The van der Waals surface area contributed by atoms with Crippen molar-refractivity contribution < 1.29 is 0 Å². The van der Waals surface area contributed by atoms with Gasteiger partial charge >= 0.3 is 0 Å². The molecule has 0 aliphatic heterocycles. The molecule has 6 heteroatoms. The first-order valence-electron chi connectivity index (χ1n) is 6.64. The zero-order valence-electron chi connectivity index (χ0n) is 11.2. The summed E-state index contributed by atoms with van der Waals surface area (Å²) in [6.07, 6.45) is 6.31. The van der Waals surface area contributed by atoms with Gasteiger partial charge in [0.05, 0.1) is 8.58 Å². The standard InChI is InChI=1S/C14H16IN3S2/c1-2-3-16-12(10-6-13(15)20-9-10)7-11-8-18-4-5-19-14(18)17-11/h4-6,8-9,12,16H,2-3,7H2,1H3. The molecular weight excluding hydrogens is 401 g/mol. The van der Waals surface area contributed by atoms with E-state index in [9.17, 15) is 0 Å². The summed E-state index contributed by atoms with van der Waals surface area (Å²) >= 11 is 5.88. The van der Waals surface area contributed by atoms with E-state index in [4.69, 9.17) is 4.98 Å². The number of nitrogens with zero attached hydrogens (tertiary/aromatic N) is 2. The molecule has 0 fully saturated rings. The number of rotatable bonds is 6. The van der Waals surface area contributed by atoms with Crippen LogP contribution < -0.4 is 5.32 Å². The maximum atomic E-state index is 4.70. The summed E-state index contributed by atoms with van der Waals surface area (Å²) in [6, 6.07) is 2.64. The van der Waals surface area contributed by atoms with E-state index in [1.807, 2.05) is 0 Å². The molecule has 3 heterocycles. The van der Waals surface area contributed by atoms with E-state index in [0.717, 1.165) is 30.0 Å². The quantitative estimate of drug-likeness (QED) is 0.605. The molecule has 0 aliphatic rings. The van der Waals surface area contributed by atoms with E-state index < -0.39 is 0 Å². The van der Waals surface area contributed by atoms with Crippen LogP contribution in [0.3, 0.4) is 0 Å². The summed E-state index contributed by atoms with van der Waals surface area (Å²) in [7, 11) is 0. The molecule has 0 spiro atoms. The predicted octanol–water partition coefficient (Wildman–Crippen LogP) is 4.35. The van der Waals surface area contributed by atoms with E-state index in [-0.39, 0.29) is 0 Å². The zero-order valence-corrected chi connectivity index (χ0v) is 15.0. The number of fused-ring (bicyclic) bond motifs is 1. The normalized spacial score (nSPS) is 13.1. The highest BCUT2D eigenvalue weighted by molar-refractivity contribution is 14.1. The van der Waals surface area contributed by atoms with Crippen molar-refractivity contribution in [3.8, 4) is 0 Å². The third-order valence-corrected chi connectivity index (χ3v) is 5.77. The number of hydrogen-bond acceptors (Lipinski definition) is 4. The average Bonchev–Trinajstić information content (AvgIpc) is 3.09. The summed E-state index contributed by atoms with van der Waals surface area (Å²) in [5.74, 6) is 0. The largest absolute Gasteiger partial charge is 0.310 e. The Morgan fingerprint density at radius 3 is 3.05 bits per heavy atom. The second-order valence-corrected chi connectivity index (χ2v) is 8.40. The van der Waals surface area contributed by atoms with Crippen molar-refractivity contribution in [1.82, 2.24) is 14.7 Å². The Morgan fingerprint density at radius 1 is 1.45 bits per heavy atom. The first-order chi connectivity index (χ1) is 9.76. The molecule has 3 aromatic heterocycles. The number of imidazole rings is 1. The first kappa shape index (κ1) is 14.5. The fraction of sp³-hybridized carbons (Fsp3) is 0.357. The molecule has 0 aromatic carbocycles. The second kappa shape index (κ2) is 6.55. The number of nitrogens with one attached hydrogen (secondary N) is 1. The van der Waals surface area contributed by atoms with Gasteiger partial charge in [-0.2, -0.15) is 0 Å². The molecule has 3 rings (SSSR count). The van der Waals surface area contributed by atoms with Gasteiger partial charge in [-0.1, -0.05) is 6.92 Å². The Kier molecular flexibility index (Phi) is 4.75. The van der Waals surface area contributed by atoms with Crippen molar-refractivity contribution in [2.75, 3.05) is 6.54 Å². The highest BCUT2D eigenvalue weighted by Gasteiger charge is 2.15. The van der Waals surface area contributed by atoms with E-state index in [2.05, 4.69) is 68.5 Å². The fourth-order valence-electron chi connectivity index (χ4n) is 2.22. The van der Waals surface area contributed by atoms with Crippen molar-refractivity contribution in [3.63, 3.8) is 0 Å². The predicted molar refractivity (Wildman–Crippen MR) is 94.8 cm³/mol. The van der Waals surface area contributed by atoms with Gasteiger partial charge in [0, 0.05) is 30.2 Å². The smallest absolute Gasteiger partial charge is 0.193 e. The number of hydrogen-bond donors (Lipinski definition) is 1. The van der Waals surface area contributed by atoms with Gasteiger partial charge < -0.3 is 5.32 Å². The summed E-state index contributed by atoms with van der Waals surface area (Å²) in [6.45, 7) is 3.24. The van der Waals surface area contributed by atoms with Gasteiger partial charge in [0.25, 0.3) is 0 Å². The lowest BCUT2D eigenvalue weighted by molar-refractivity contribution is 0.526. The summed E-state index contributed by atoms with van der Waals surface area (Å²) in [4.78, 5) is 5.77. The highest BCUT2D eigenvalue weighted by atomic mass is 127. The maximum absolute atomic E-state index is 4.70. The highest BCUT2D eigenvalue weighted by Crippen LogP contribution is 2.25. The van der Waals surface area contributed by atoms with Gasteiger partial charge in [-0.15, -0.1) is 22.7 Å². The zero-order chi connectivity index (χ0) is 13.9. The first-order valence-corrected chi connectivity index (χ1v) is 9.48. The van der Waals surface area contributed by atoms with Crippen molar-refractivity contribution in [1.29, 1.82) is 0 Å². The topological polar surface area (TPSA) is 29.3 Å². The molecule has 106 valence electrons. The average molecular weight is 417 g/mol. The third kappa shape index (κ3) is 3.24. The van der Waals surface area contributed by atoms with Crippen LogP contribution in [-0.4, -0.2) is 15.9 Å². The van der Waals surface area contributed by atoms with Crippen LogP contribution >= 0.6 is 45.3 Å². The van der Waals surface area contributed by atoms with Gasteiger partial charge in [-0.05, 0) is 52.6 Å². The van der Waals surface area contributed by atoms with Crippen LogP contribution in [0.4, 0.5) is 0 Å². The van der Waals surface area contributed by atoms with Crippen LogP contribution in [0.2, 0.25) is 0 Å². The molecule has 0 bridgehead atoms. The number of thiophene rings is 1. The van der Waals surface area contributed by atoms with Crippen LogP contribution in [0.1, 0.15) is 30.6 Å². The van der Waals surface area contributed by atoms with Crippen LogP contribution in [-0.2, 0) is 6.42 Å². The van der Waals surface area contributed by atoms with Gasteiger partial charge in [0.15, 0.2) is 4.96 Å². The van der Waals surface area contributed by atoms with Gasteiger partial charge in [-0.3, -0.25) is 4.40 Å². The SMILES string of the molecule is CCCNC(Cc1cn2ccsc2n1)c1csc(I)c1. The minimum atomic E-state index is 0.360. The fourth-order valence-corrected chi connectivity index (χ4v) is 4.36. The Morgan fingerprint density at radius 2 is 2.35 bits per heavy atom. The van der Waals surface area contributed by atoms with Crippen molar-refractivity contribution in [2.24, 2.45) is 0 Å². The number of halogens is 1. The monoisotopic (exact) mass is 417 g/mol. The molecule has 1 atom stereocenters. The Bertz CT molecular complexity index is 657. The second-order valence-electron chi connectivity index (χ2n) is 4.72. The lowest BCUT2D eigenvalue weighted by atomic mass is 10.1. The van der Waals surface area contributed by atoms with E-state index in [1.54, 1.807) is 22.7 Å². The number of thiazole rings is 1. The van der Waals surface area contributed by atoms with E-state index >= 15 is 0 Å². The molecule has 0 saturated carbocycles. The summed E-state index contributed by atoms with van der Waals surface area (Å²) in [5.41, 5.74) is 2.54. The van der Waals surface area contributed by atoms with Crippen molar-refractivity contribution in [3.05, 3.63) is 43.4 Å². The Labute approximate surface area is 140 Å². The van der Waals surface area contributed by atoms with E-state index in [1.165, 1.54) is 8.45 Å². The van der Waals surface area contributed by atoms with Crippen LogP contribution in [0, 0.1) is 2.88 Å². The van der Waals surface area contributed by atoms with E-state index in [0.29, 0.717) is 6.04 Å². The van der Waals surface area contributed by atoms with Gasteiger partial charge in [0.1, 0.15) is 0 Å². The van der Waals surface area contributed by atoms with Crippen LogP contribution in [0.15, 0.2) is 29.2 Å². The van der Waals surface area contributed by atoms with Crippen LogP contribution in [0.25, 0.3) is 4.96 Å². The molecule has 1 N–H and O–H groups in total. The molecule has 1 unspecified atom stereocenters. The lowest BCUT2D eigenvalue weighted by Gasteiger charge is -2.16. The molecule has 0 amide bonds. The van der Waals surface area contributed by atoms with Gasteiger partial charge in [0.2, 0.25) is 0 Å². The lowest BCUT2D eigenvalue weighted by Crippen LogP contribution is -2.23. The molecule has 0 aliphatic carbocycles. The Balaban J connectivity index is 1.80. The van der Waals surface area contributed by atoms with Crippen molar-refractivity contribution >= 4 is 50.2 Å². The van der Waals surface area contributed by atoms with Crippen LogP contribution in [0.5, 0.6) is 0 Å². The van der Waals surface area contributed by atoms with Gasteiger partial charge in [-0.25, -0.2) is 4.98 Å². The molecule has 20 heavy (non-hydrogen) atoms. The Hall–Kier alpha value is -0.440. The maximum Gasteiger partial charge on any atom is 0.193 e. The molecule has 0 radical (unpaired) electrons.